The number of likely N-dealkylation sites (tertiary alicyclic amines) is 2. The van der Waals surface area contributed by atoms with Gasteiger partial charge in [-0.1, -0.05) is 19.8 Å². The molecule has 2 saturated heterocycles. The first kappa shape index (κ1) is 19.6. The molecular formula is C17H28FN3O4. The Kier molecular flexibility index (Phi) is 7.16. The summed E-state index contributed by atoms with van der Waals surface area (Å²) in [6, 6.07) is -0.556. The number of nitrogens with one attached hydrogen (secondary N) is 1. The molecule has 3 unspecified atom stereocenters. The Labute approximate surface area is 147 Å². The highest BCUT2D eigenvalue weighted by Gasteiger charge is 2.43. The van der Waals surface area contributed by atoms with Gasteiger partial charge in [-0.25, -0.2) is 9.87 Å². The van der Waals surface area contributed by atoms with Crippen LogP contribution < -0.4 is 5.48 Å². The quantitative estimate of drug-likeness (QED) is 0.530. The summed E-state index contributed by atoms with van der Waals surface area (Å²) in [6.45, 7) is 3.72. The molecule has 7 nitrogen and oxygen atoms in total. The number of carbonyl (C=O) groups excluding carboxylic acids is 3. The minimum atomic E-state index is -2.12. The lowest BCUT2D eigenvalue weighted by Gasteiger charge is -2.31. The monoisotopic (exact) mass is 357 g/mol. The number of hydrogen-bond donors (Lipinski definition) is 2. The van der Waals surface area contributed by atoms with Crippen molar-refractivity contribution < 1.29 is 24.0 Å². The van der Waals surface area contributed by atoms with Gasteiger partial charge < -0.3 is 9.80 Å². The Bertz CT molecular complexity index is 496. The number of unbranched alkanes of at least 4 members (excludes halogenated alkanes) is 1. The van der Waals surface area contributed by atoms with Gasteiger partial charge in [0.2, 0.25) is 11.8 Å². The van der Waals surface area contributed by atoms with Crippen molar-refractivity contribution in [2.45, 2.75) is 64.1 Å². The van der Waals surface area contributed by atoms with Crippen LogP contribution in [0.3, 0.4) is 0 Å². The molecular weight excluding hydrogens is 329 g/mol. The molecule has 0 aliphatic carbocycles. The normalized spacial score (nSPS) is 22.8. The van der Waals surface area contributed by atoms with Crippen LogP contribution in [0.2, 0.25) is 0 Å². The predicted octanol–water partition coefficient (Wildman–Crippen LogP) is 1.25. The van der Waals surface area contributed by atoms with E-state index in [9.17, 15) is 18.8 Å². The molecule has 142 valence electrons. The molecule has 0 saturated carbocycles. The molecule has 2 rings (SSSR count). The predicted molar refractivity (Wildman–Crippen MR) is 88.4 cm³/mol. The van der Waals surface area contributed by atoms with Crippen molar-refractivity contribution in [2.75, 3.05) is 19.6 Å². The first-order chi connectivity index (χ1) is 12.0. The lowest BCUT2D eigenvalue weighted by atomic mass is 9.94. The Hall–Kier alpha value is -1.70. The van der Waals surface area contributed by atoms with Crippen LogP contribution in [0.4, 0.5) is 4.39 Å². The highest BCUT2D eigenvalue weighted by Crippen LogP contribution is 2.27. The van der Waals surface area contributed by atoms with E-state index in [0.29, 0.717) is 38.9 Å². The summed E-state index contributed by atoms with van der Waals surface area (Å²) < 4.78 is 14.4. The molecule has 2 heterocycles. The van der Waals surface area contributed by atoms with Gasteiger partial charge in [-0.2, -0.15) is 0 Å². The average molecular weight is 357 g/mol. The number of halogens is 1. The standard InChI is InChI=1S/C17H28FN3O4/c1-2-3-7-12(14(18)15(22)19-25)16(23)21-11-6-8-13(21)17(24)20-9-4-5-10-20/h12-14,25H,2-11H2,1H3,(H,19,22). The highest BCUT2D eigenvalue weighted by atomic mass is 19.1. The third-order valence-electron chi connectivity index (χ3n) is 5.14. The van der Waals surface area contributed by atoms with Crippen LogP contribution in [0, 0.1) is 5.92 Å². The van der Waals surface area contributed by atoms with Crippen molar-refractivity contribution in [3.63, 3.8) is 0 Å². The number of alkyl halides is 1. The molecule has 25 heavy (non-hydrogen) atoms. The fraction of sp³-hybridized carbons (Fsp3) is 0.824. The van der Waals surface area contributed by atoms with E-state index in [4.69, 9.17) is 5.21 Å². The van der Waals surface area contributed by atoms with E-state index in [2.05, 4.69) is 0 Å². The largest absolute Gasteiger partial charge is 0.341 e. The minimum Gasteiger partial charge on any atom is -0.341 e. The molecule has 2 N–H and O–H groups in total. The molecule has 2 aliphatic rings. The molecule has 2 aliphatic heterocycles. The van der Waals surface area contributed by atoms with E-state index in [1.54, 1.807) is 4.90 Å². The highest BCUT2D eigenvalue weighted by molar-refractivity contribution is 5.92. The number of nitrogens with zero attached hydrogens (tertiary/aromatic N) is 2. The fourth-order valence-corrected chi connectivity index (χ4v) is 3.71. The zero-order valence-electron chi connectivity index (χ0n) is 14.7. The number of hydrogen-bond acceptors (Lipinski definition) is 4. The average Bonchev–Trinajstić information content (AvgIpc) is 3.31. The molecule has 2 fully saturated rings. The van der Waals surface area contributed by atoms with Crippen molar-refractivity contribution >= 4 is 17.7 Å². The maximum absolute atomic E-state index is 14.4. The number of rotatable bonds is 7. The fourth-order valence-electron chi connectivity index (χ4n) is 3.71. The molecule has 0 bridgehead atoms. The summed E-state index contributed by atoms with van der Waals surface area (Å²) in [4.78, 5) is 40.3. The third kappa shape index (κ3) is 4.48. The molecule has 0 aromatic carbocycles. The Balaban J connectivity index is 2.12. The topological polar surface area (TPSA) is 90.0 Å². The van der Waals surface area contributed by atoms with E-state index in [1.807, 2.05) is 6.92 Å². The Morgan fingerprint density at radius 2 is 1.88 bits per heavy atom. The summed E-state index contributed by atoms with van der Waals surface area (Å²) >= 11 is 0. The molecule has 3 atom stereocenters. The van der Waals surface area contributed by atoms with Crippen LogP contribution in [-0.2, 0) is 14.4 Å². The first-order valence-electron chi connectivity index (χ1n) is 9.18. The summed E-state index contributed by atoms with van der Waals surface area (Å²) in [5.74, 6) is -2.95. The molecule has 0 aromatic rings. The summed E-state index contributed by atoms with van der Waals surface area (Å²) in [5.41, 5.74) is 1.29. The second-order valence-electron chi connectivity index (χ2n) is 6.85. The molecule has 8 heteroatoms. The molecule has 3 amide bonds. The van der Waals surface area contributed by atoms with Gasteiger partial charge in [0.25, 0.3) is 5.91 Å². The smallest absolute Gasteiger partial charge is 0.278 e. The minimum absolute atomic E-state index is 0.0698. The Morgan fingerprint density at radius 1 is 1.20 bits per heavy atom. The Morgan fingerprint density at radius 3 is 2.48 bits per heavy atom. The summed E-state index contributed by atoms with van der Waals surface area (Å²) in [5, 5.41) is 8.69. The number of amides is 3. The van der Waals surface area contributed by atoms with Gasteiger partial charge in [0, 0.05) is 19.6 Å². The molecule has 0 spiro atoms. The van der Waals surface area contributed by atoms with Crippen molar-refractivity contribution in [3.05, 3.63) is 0 Å². The summed E-state index contributed by atoms with van der Waals surface area (Å²) in [7, 11) is 0. The number of hydroxylamine groups is 1. The van der Waals surface area contributed by atoms with E-state index in [1.165, 1.54) is 10.4 Å². The van der Waals surface area contributed by atoms with Crippen molar-refractivity contribution in [1.82, 2.24) is 15.3 Å². The van der Waals surface area contributed by atoms with Gasteiger partial charge in [-0.3, -0.25) is 19.6 Å². The second-order valence-corrected chi connectivity index (χ2v) is 6.85. The van der Waals surface area contributed by atoms with E-state index >= 15 is 0 Å². The zero-order chi connectivity index (χ0) is 18.4. The van der Waals surface area contributed by atoms with Gasteiger partial charge in [-0.05, 0) is 32.1 Å². The van der Waals surface area contributed by atoms with Gasteiger partial charge >= 0.3 is 0 Å². The number of carbonyl (C=O) groups is 3. The van der Waals surface area contributed by atoms with Crippen LogP contribution in [-0.4, -0.2) is 64.6 Å². The van der Waals surface area contributed by atoms with Crippen molar-refractivity contribution in [1.29, 1.82) is 0 Å². The van der Waals surface area contributed by atoms with Gasteiger partial charge in [0.1, 0.15) is 6.04 Å². The SMILES string of the molecule is CCCCC(C(=O)N1CCCC1C(=O)N1CCCC1)C(F)C(=O)NO. The van der Waals surface area contributed by atoms with Crippen molar-refractivity contribution in [3.8, 4) is 0 Å². The van der Waals surface area contributed by atoms with Crippen LogP contribution >= 0.6 is 0 Å². The lowest BCUT2D eigenvalue weighted by molar-refractivity contribution is -0.150. The van der Waals surface area contributed by atoms with Gasteiger partial charge in [0.15, 0.2) is 6.17 Å². The van der Waals surface area contributed by atoms with Crippen LogP contribution in [0.5, 0.6) is 0 Å². The third-order valence-corrected chi connectivity index (χ3v) is 5.14. The lowest BCUT2D eigenvalue weighted by Crippen LogP contribution is -2.51. The van der Waals surface area contributed by atoms with Gasteiger partial charge in [-0.15, -0.1) is 0 Å². The van der Waals surface area contributed by atoms with E-state index < -0.39 is 29.9 Å². The molecule has 0 aromatic heterocycles. The van der Waals surface area contributed by atoms with Gasteiger partial charge in [0.05, 0.1) is 5.92 Å². The maximum atomic E-state index is 14.4. The van der Waals surface area contributed by atoms with Crippen LogP contribution in [0.25, 0.3) is 0 Å². The molecule has 0 radical (unpaired) electrons. The van der Waals surface area contributed by atoms with Crippen molar-refractivity contribution in [2.24, 2.45) is 5.92 Å². The maximum Gasteiger partial charge on any atom is 0.278 e. The van der Waals surface area contributed by atoms with E-state index in [-0.39, 0.29) is 12.3 Å². The zero-order valence-corrected chi connectivity index (χ0v) is 14.7. The van der Waals surface area contributed by atoms with Crippen LogP contribution in [0.15, 0.2) is 0 Å². The second kappa shape index (κ2) is 9.12. The van der Waals surface area contributed by atoms with E-state index in [0.717, 1.165) is 19.3 Å². The summed E-state index contributed by atoms with van der Waals surface area (Å²) in [6.07, 6.45) is 2.65. The van der Waals surface area contributed by atoms with Crippen LogP contribution in [0.1, 0.15) is 51.9 Å². The first-order valence-corrected chi connectivity index (χ1v) is 9.18.